The predicted molar refractivity (Wildman–Crippen MR) is 148 cm³/mol. The molecule has 11 nitrogen and oxygen atoms in total. The summed E-state index contributed by atoms with van der Waals surface area (Å²) in [5.74, 6) is 0.452. The Kier molecular flexibility index (Phi) is 6.98. The molecule has 0 saturated heterocycles. The molecule has 0 fully saturated rings. The van der Waals surface area contributed by atoms with Crippen LogP contribution >= 0.6 is 11.3 Å². The van der Waals surface area contributed by atoms with Crippen LogP contribution in [-0.2, 0) is 13.2 Å². The highest BCUT2D eigenvalue weighted by atomic mass is 32.1. The molecule has 3 N–H and O–H groups in total. The lowest BCUT2D eigenvalue weighted by molar-refractivity contribution is 0.0992. The normalized spacial score (nSPS) is 12.3. The fourth-order valence-corrected chi connectivity index (χ4v) is 5.65. The van der Waals surface area contributed by atoms with Gasteiger partial charge in [-0.15, -0.1) is 11.3 Å². The highest BCUT2D eigenvalue weighted by molar-refractivity contribution is 7.21. The van der Waals surface area contributed by atoms with Crippen LogP contribution < -0.4 is 25.3 Å². The van der Waals surface area contributed by atoms with Gasteiger partial charge in [0.05, 0.1) is 11.9 Å². The van der Waals surface area contributed by atoms with Crippen molar-refractivity contribution in [3.63, 3.8) is 0 Å². The van der Waals surface area contributed by atoms with Crippen molar-refractivity contribution in [2.45, 2.75) is 33.4 Å². The van der Waals surface area contributed by atoms with Gasteiger partial charge in [-0.3, -0.25) is 14.3 Å². The number of primary amides is 1. The zero-order valence-electron chi connectivity index (χ0n) is 22.3. The second-order valence-electron chi connectivity index (χ2n) is 9.23. The first-order valence-electron chi connectivity index (χ1n) is 12.7. The number of nitrogens with zero attached hydrogens (tertiary/aromatic N) is 3. The first-order chi connectivity index (χ1) is 20.2. The van der Waals surface area contributed by atoms with Crippen molar-refractivity contribution in [1.82, 2.24) is 14.8 Å². The molecule has 1 aliphatic rings. The van der Waals surface area contributed by atoms with Crippen LogP contribution in [0.1, 0.15) is 50.7 Å². The molecule has 0 bridgehead atoms. The standard InChI is InChI=1S/C28H23F2N5O6S/c1-3-35-13(2)17(10-32-35)16-9-18(25(29)30)33-28-22(16)23(24(42-28)26(31)36)34-27(37)20-7-5-15(41-20)11-38-14-4-6-19-21(8-14)40-12-39-19/h4-10,25H,3,11-12H2,1-2H3,(H2,31,36)(H,34,37). The number of carbonyl (C=O) groups is 2. The average molecular weight is 596 g/mol. The zero-order valence-corrected chi connectivity index (χ0v) is 23.1. The van der Waals surface area contributed by atoms with Gasteiger partial charge in [0.25, 0.3) is 18.2 Å². The number of pyridine rings is 1. The highest BCUT2D eigenvalue weighted by Gasteiger charge is 2.27. The third-order valence-corrected chi connectivity index (χ3v) is 7.77. The van der Waals surface area contributed by atoms with E-state index < -0.39 is 23.9 Å². The number of fused-ring (bicyclic) bond motifs is 2. The quantitative estimate of drug-likeness (QED) is 0.222. The van der Waals surface area contributed by atoms with Gasteiger partial charge in [-0.2, -0.15) is 5.10 Å². The fourth-order valence-electron chi connectivity index (χ4n) is 4.64. The molecule has 0 unspecified atom stereocenters. The van der Waals surface area contributed by atoms with Crippen LogP contribution in [0.3, 0.4) is 0 Å². The number of thiophene rings is 1. The maximum Gasteiger partial charge on any atom is 0.291 e. The Labute approximate surface area is 240 Å². The Balaban J connectivity index is 1.32. The molecule has 0 atom stereocenters. The lowest BCUT2D eigenvalue weighted by atomic mass is 10.0. The van der Waals surface area contributed by atoms with Crippen LogP contribution in [0.2, 0.25) is 0 Å². The van der Waals surface area contributed by atoms with Crippen molar-refractivity contribution < 1.29 is 37.0 Å². The Hall–Kier alpha value is -4.98. The highest BCUT2D eigenvalue weighted by Crippen LogP contribution is 2.43. The molecule has 2 amide bonds. The number of hydrogen-bond acceptors (Lipinski definition) is 9. The van der Waals surface area contributed by atoms with Crippen LogP contribution in [-0.4, -0.2) is 33.4 Å². The van der Waals surface area contributed by atoms with Crippen LogP contribution in [0.4, 0.5) is 14.5 Å². The molecule has 5 aromatic rings. The number of aromatic nitrogens is 3. The van der Waals surface area contributed by atoms with Gasteiger partial charge in [-0.05, 0) is 49.7 Å². The molecule has 1 aliphatic heterocycles. The third kappa shape index (κ3) is 4.89. The lowest BCUT2D eigenvalue weighted by Gasteiger charge is -2.10. The largest absolute Gasteiger partial charge is 0.486 e. The second kappa shape index (κ2) is 10.8. The second-order valence-corrected chi connectivity index (χ2v) is 10.2. The number of amides is 2. The maximum absolute atomic E-state index is 13.8. The number of ether oxygens (including phenoxy) is 3. The molecule has 0 radical (unpaired) electrons. The molecule has 42 heavy (non-hydrogen) atoms. The van der Waals surface area contributed by atoms with Gasteiger partial charge in [0.2, 0.25) is 6.79 Å². The van der Waals surface area contributed by atoms with Crippen LogP contribution in [0.15, 0.2) is 47.0 Å². The minimum Gasteiger partial charge on any atom is -0.486 e. The van der Waals surface area contributed by atoms with E-state index >= 15 is 0 Å². The van der Waals surface area contributed by atoms with E-state index in [9.17, 15) is 18.4 Å². The summed E-state index contributed by atoms with van der Waals surface area (Å²) in [6.07, 6.45) is -1.32. The van der Waals surface area contributed by atoms with Crippen molar-refractivity contribution in [3.05, 3.63) is 70.4 Å². The van der Waals surface area contributed by atoms with Gasteiger partial charge in [0.15, 0.2) is 17.3 Å². The van der Waals surface area contributed by atoms with Crippen LogP contribution in [0.5, 0.6) is 17.2 Å². The van der Waals surface area contributed by atoms with Crippen molar-refractivity contribution >= 4 is 39.1 Å². The van der Waals surface area contributed by atoms with E-state index in [1.165, 1.54) is 12.1 Å². The minimum atomic E-state index is -2.87. The van der Waals surface area contributed by atoms with Gasteiger partial charge in [0.1, 0.15) is 33.5 Å². The molecule has 216 valence electrons. The summed E-state index contributed by atoms with van der Waals surface area (Å²) >= 11 is 0.817. The Morgan fingerprint density at radius 2 is 1.98 bits per heavy atom. The van der Waals surface area contributed by atoms with Gasteiger partial charge in [-0.1, -0.05) is 0 Å². The first kappa shape index (κ1) is 27.2. The van der Waals surface area contributed by atoms with E-state index in [4.69, 9.17) is 24.4 Å². The Morgan fingerprint density at radius 1 is 1.17 bits per heavy atom. The van der Waals surface area contributed by atoms with Gasteiger partial charge < -0.3 is 29.7 Å². The Bertz CT molecular complexity index is 1850. The van der Waals surface area contributed by atoms with Gasteiger partial charge in [-0.25, -0.2) is 13.8 Å². The van der Waals surface area contributed by atoms with E-state index in [-0.39, 0.29) is 34.6 Å². The smallest absolute Gasteiger partial charge is 0.291 e. The maximum atomic E-state index is 13.8. The Morgan fingerprint density at radius 3 is 2.71 bits per heavy atom. The van der Waals surface area contributed by atoms with E-state index in [0.29, 0.717) is 51.8 Å². The fraction of sp³-hybridized carbons (Fsp3) is 0.214. The molecule has 5 heterocycles. The summed E-state index contributed by atoms with van der Waals surface area (Å²) in [4.78, 5) is 29.9. The summed E-state index contributed by atoms with van der Waals surface area (Å²) in [7, 11) is 0. The van der Waals surface area contributed by atoms with Crippen LogP contribution in [0, 0.1) is 6.92 Å². The van der Waals surface area contributed by atoms with E-state index in [2.05, 4.69) is 15.4 Å². The molecule has 14 heteroatoms. The molecule has 0 saturated carbocycles. The van der Waals surface area contributed by atoms with Gasteiger partial charge >= 0.3 is 0 Å². The zero-order chi connectivity index (χ0) is 29.5. The average Bonchev–Trinajstić information content (AvgIpc) is 3.77. The number of benzene rings is 1. The van der Waals surface area contributed by atoms with E-state index in [1.54, 1.807) is 42.1 Å². The third-order valence-electron chi connectivity index (χ3n) is 6.67. The molecular formula is C28H23F2N5O6S. The van der Waals surface area contributed by atoms with E-state index in [0.717, 1.165) is 11.3 Å². The molecule has 0 aliphatic carbocycles. The topological polar surface area (TPSA) is 144 Å². The van der Waals surface area contributed by atoms with Crippen molar-refractivity contribution in [2.24, 2.45) is 5.73 Å². The number of halogens is 2. The number of nitrogens with one attached hydrogen (secondary N) is 1. The SMILES string of the molecule is CCn1ncc(-c2cc(C(F)F)nc3sc(C(N)=O)c(NC(=O)c4ccc(COc5ccc6c(c5)OCO6)o4)c23)c1C. The lowest BCUT2D eigenvalue weighted by Crippen LogP contribution is -2.16. The summed E-state index contributed by atoms with van der Waals surface area (Å²) < 4.78 is 51.4. The number of rotatable bonds is 9. The van der Waals surface area contributed by atoms with Crippen molar-refractivity contribution in [2.75, 3.05) is 12.1 Å². The molecule has 0 spiro atoms. The number of hydrogen-bond donors (Lipinski definition) is 2. The molecule has 4 aromatic heterocycles. The minimum absolute atomic E-state index is 0.0199. The summed E-state index contributed by atoms with van der Waals surface area (Å²) in [5.41, 5.74) is 6.82. The molecule has 6 rings (SSSR count). The summed E-state index contributed by atoms with van der Waals surface area (Å²) in [6.45, 7) is 4.41. The van der Waals surface area contributed by atoms with E-state index in [1.807, 2.05) is 6.92 Å². The number of furan rings is 1. The predicted octanol–water partition coefficient (Wildman–Crippen LogP) is 5.68. The number of anilines is 1. The number of nitrogens with two attached hydrogens (primary N) is 1. The van der Waals surface area contributed by atoms with Crippen molar-refractivity contribution in [3.8, 4) is 28.4 Å². The summed E-state index contributed by atoms with van der Waals surface area (Å²) in [5, 5.41) is 7.32. The summed E-state index contributed by atoms with van der Waals surface area (Å²) in [6, 6.07) is 9.39. The van der Waals surface area contributed by atoms with Crippen LogP contribution in [0.25, 0.3) is 21.3 Å². The molecule has 1 aromatic carbocycles. The van der Waals surface area contributed by atoms with Crippen molar-refractivity contribution in [1.29, 1.82) is 0 Å². The first-order valence-corrected chi connectivity index (χ1v) is 13.6. The number of alkyl halides is 2. The number of aryl methyl sites for hydroxylation is 1. The number of carbonyl (C=O) groups excluding carboxylic acids is 2. The molecular weight excluding hydrogens is 572 g/mol. The van der Waals surface area contributed by atoms with Gasteiger partial charge in [0, 0.05) is 29.3 Å². The monoisotopic (exact) mass is 595 g/mol.